The standard InChI is InChI=1S/C17H21N5OS/c1-10-6-11(2)22(20-10)8-12(3)21-9-19-16-15(17(21)23)13-4-5-18-7-14(13)24-16/h6,9,12,18H,4-5,7-8H2,1-3H3. The van der Waals surface area contributed by atoms with Gasteiger partial charge in [-0.1, -0.05) is 0 Å². The van der Waals surface area contributed by atoms with Gasteiger partial charge in [0, 0.05) is 17.1 Å². The van der Waals surface area contributed by atoms with Gasteiger partial charge in [0.05, 0.1) is 30.0 Å². The zero-order valence-corrected chi connectivity index (χ0v) is 15.0. The van der Waals surface area contributed by atoms with E-state index in [1.54, 1.807) is 22.2 Å². The number of thiophene rings is 1. The second-order valence-electron chi connectivity index (χ2n) is 6.53. The number of rotatable bonds is 3. The Labute approximate surface area is 144 Å². The highest BCUT2D eigenvalue weighted by molar-refractivity contribution is 7.18. The number of hydrogen-bond acceptors (Lipinski definition) is 5. The Kier molecular flexibility index (Phi) is 3.77. The minimum Gasteiger partial charge on any atom is -0.312 e. The fraction of sp³-hybridized carbons (Fsp3) is 0.471. The van der Waals surface area contributed by atoms with Crippen LogP contribution in [0.3, 0.4) is 0 Å². The Hall–Kier alpha value is -1.99. The van der Waals surface area contributed by atoms with Crippen molar-refractivity contribution >= 4 is 21.6 Å². The first kappa shape index (κ1) is 15.5. The van der Waals surface area contributed by atoms with Crippen LogP contribution in [0.25, 0.3) is 10.2 Å². The number of aryl methyl sites for hydroxylation is 2. The van der Waals surface area contributed by atoms with Gasteiger partial charge in [-0.3, -0.25) is 14.0 Å². The van der Waals surface area contributed by atoms with Gasteiger partial charge in [0.25, 0.3) is 5.56 Å². The molecule has 0 fully saturated rings. The predicted molar refractivity (Wildman–Crippen MR) is 95.7 cm³/mol. The van der Waals surface area contributed by atoms with E-state index in [2.05, 4.69) is 21.5 Å². The Bertz CT molecular complexity index is 967. The van der Waals surface area contributed by atoms with Gasteiger partial charge in [-0.25, -0.2) is 4.98 Å². The van der Waals surface area contributed by atoms with Crippen LogP contribution in [-0.2, 0) is 19.5 Å². The van der Waals surface area contributed by atoms with E-state index in [4.69, 9.17) is 0 Å². The molecule has 0 bridgehead atoms. The fourth-order valence-corrected chi connectivity index (χ4v) is 4.59. The zero-order valence-electron chi connectivity index (χ0n) is 14.2. The SMILES string of the molecule is Cc1cc(C)n(CC(C)n2cnc3sc4c(c3c2=O)CCNC4)n1. The van der Waals surface area contributed by atoms with Gasteiger partial charge in [0.2, 0.25) is 0 Å². The van der Waals surface area contributed by atoms with Crippen LogP contribution >= 0.6 is 11.3 Å². The summed E-state index contributed by atoms with van der Waals surface area (Å²) < 4.78 is 3.72. The van der Waals surface area contributed by atoms with Gasteiger partial charge in [-0.2, -0.15) is 5.10 Å². The average Bonchev–Trinajstić information content (AvgIpc) is 3.07. The van der Waals surface area contributed by atoms with Crippen LogP contribution in [0.2, 0.25) is 0 Å². The Balaban J connectivity index is 1.75. The van der Waals surface area contributed by atoms with Crippen LogP contribution in [-0.4, -0.2) is 25.9 Å². The van der Waals surface area contributed by atoms with Crippen molar-refractivity contribution in [2.24, 2.45) is 0 Å². The summed E-state index contributed by atoms with van der Waals surface area (Å²) in [5, 5.41) is 8.68. The molecule has 0 aromatic carbocycles. The van der Waals surface area contributed by atoms with E-state index >= 15 is 0 Å². The van der Waals surface area contributed by atoms with Crippen molar-refractivity contribution < 1.29 is 0 Å². The number of nitrogens with one attached hydrogen (secondary N) is 1. The molecule has 1 aliphatic heterocycles. The molecule has 7 heteroatoms. The van der Waals surface area contributed by atoms with Crippen LogP contribution in [0.1, 0.15) is 34.8 Å². The molecule has 1 aliphatic rings. The third-order valence-electron chi connectivity index (χ3n) is 4.67. The number of aromatic nitrogens is 4. The zero-order chi connectivity index (χ0) is 16.8. The molecule has 0 amide bonds. The molecule has 3 aromatic rings. The first-order chi connectivity index (χ1) is 11.5. The molecule has 0 saturated heterocycles. The van der Waals surface area contributed by atoms with Gasteiger partial charge >= 0.3 is 0 Å². The topological polar surface area (TPSA) is 64.7 Å². The molecule has 126 valence electrons. The summed E-state index contributed by atoms with van der Waals surface area (Å²) in [5.74, 6) is 0. The van der Waals surface area contributed by atoms with Crippen molar-refractivity contribution in [1.29, 1.82) is 0 Å². The van der Waals surface area contributed by atoms with E-state index < -0.39 is 0 Å². The highest BCUT2D eigenvalue weighted by Crippen LogP contribution is 2.30. The van der Waals surface area contributed by atoms with Crippen molar-refractivity contribution in [3.05, 3.63) is 44.6 Å². The first-order valence-corrected chi connectivity index (χ1v) is 9.09. The fourth-order valence-electron chi connectivity index (χ4n) is 3.44. The third-order valence-corrected chi connectivity index (χ3v) is 5.81. The monoisotopic (exact) mass is 343 g/mol. The van der Waals surface area contributed by atoms with Crippen LogP contribution in [0.5, 0.6) is 0 Å². The second kappa shape index (κ2) is 5.82. The summed E-state index contributed by atoms with van der Waals surface area (Å²) in [4.78, 5) is 19.7. The van der Waals surface area contributed by atoms with Crippen molar-refractivity contribution in [2.45, 2.75) is 46.3 Å². The molecule has 6 nitrogen and oxygen atoms in total. The molecule has 1 atom stereocenters. The average molecular weight is 343 g/mol. The van der Waals surface area contributed by atoms with Gasteiger partial charge in [0.1, 0.15) is 4.83 Å². The molecule has 4 rings (SSSR count). The van der Waals surface area contributed by atoms with E-state index in [9.17, 15) is 4.79 Å². The van der Waals surface area contributed by atoms with Crippen LogP contribution in [0, 0.1) is 13.8 Å². The van der Waals surface area contributed by atoms with E-state index in [1.165, 1.54) is 10.4 Å². The lowest BCUT2D eigenvalue weighted by Crippen LogP contribution is -2.28. The van der Waals surface area contributed by atoms with Crippen molar-refractivity contribution in [3.8, 4) is 0 Å². The van der Waals surface area contributed by atoms with E-state index in [0.29, 0.717) is 6.54 Å². The van der Waals surface area contributed by atoms with E-state index in [1.807, 2.05) is 25.5 Å². The first-order valence-electron chi connectivity index (χ1n) is 8.27. The number of fused-ring (bicyclic) bond motifs is 3. The lowest BCUT2D eigenvalue weighted by molar-refractivity contribution is 0.419. The quantitative estimate of drug-likeness (QED) is 0.792. The lowest BCUT2D eigenvalue weighted by atomic mass is 10.1. The second-order valence-corrected chi connectivity index (χ2v) is 7.61. The smallest absolute Gasteiger partial charge is 0.262 e. The van der Waals surface area contributed by atoms with Gasteiger partial charge < -0.3 is 5.32 Å². The normalized spacial score (nSPS) is 15.6. The molecular weight excluding hydrogens is 322 g/mol. The summed E-state index contributed by atoms with van der Waals surface area (Å²) in [7, 11) is 0. The van der Waals surface area contributed by atoms with Crippen molar-refractivity contribution in [3.63, 3.8) is 0 Å². The molecule has 0 aliphatic carbocycles. The summed E-state index contributed by atoms with van der Waals surface area (Å²) in [5.41, 5.74) is 3.38. The summed E-state index contributed by atoms with van der Waals surface area (Å²) in [6.45, 7) is 8.51. The molecular formula is C17H21N5OS. The molecule has 0 saturated carbocycles. The minimum atomic E-state index is 0.00432. The van der Waals surface area contributed by atoms with Crippen molar-refractivity contribution in [1.82, 2.24) is 24.6 Å². The highest BCUT2D eigenvalue weighted by Gasteiger charge is 2.21. The Morgan fingerprint density at radius 2 is 2.25 bits per heavy atom. The molecule has 3 aromatic heterocycles. The summed E-state index contributed by atoms with van der Waals surface area (Å²) in [6, 6.07) is 2.06. The molecule has 1 N–H and O–H groups in total. The van der Waals surface area contributed by atoms with E-state index in [-0.39, 0.29) is 11.6 Å². The van der Waals surface area contributed by atoms with Crippen molar-refractivity contribution in [2.75, 3.05) is 6.54 Å². The molecule has 0 spiro atoms. The summed E-state index contributed by atoms with van der Waals surface area (Å²) in [6.07, 6.45) is 2.60. The molecule has 0 radical (unpaired) electrons. The summed E-state index contributed by atoms with van der Waals surface area (Å²) >= 11 is 1.64. The molecule has 4 heterocycles. The number of nitrogens with zero attached hydrogens (tertiary/aromatic N) is 4. The maximum atomic E-state index is 13.1. The molecule has 1 unspecified atom stereocenters. The van der Waals surface area contributed by atoms with Crippen LogP contribution in [0.4, 0.5) is 0 Å². The Morgan fingerprint density at radius 1 is 1.42 bits per heavy atom. The van der Waals surface area contributed by atoms with Gasteiger partial charge in [-0.05, 0) is 45.4 Å². The maximum absolute atomic E-state index is 13.1. The minimum absolute atomic E-state index is 0.00432. The Morgan fingerprint density at radius 3 is 3.00 bits per heavy atom. The molecule has 24 heavy (non-hydrogen) atoms. The lowest BCUT2D eigenvalue weighted by Gasteiger charge is -2.16. The van der Waals surface area contributed by atoms with Gasteiger partial charge in [-0.15, -0.1) is 11.3 Å². The largest absolute Gasteiger partial charge is 0.312 e. The number of hydrogen-bond donors (Lipinski definition) is 1. The van der Waals surface area contributed by atoms with E-state index in [0.717, 1.165) is 41.1 Å². The van der Waals surface area contributed by atoms with Gasteiger partial charge in [0.15, 0.2) is 0 Å². The van der Waals surface area contributed by atoms with Crippen LogP contribution < -0.4 is 10.9 Å². The van der Waals surface area contributed by atoms with Crippen LogP contribution in [0.15, 0.2) is 17.2 Å². The highest BCUT2D eigenvalue weighted by atomic mass is 32.1. The maximum Gasteiger partial charge on any atom is 0.262 e. The predicted octanol–water partition coefficient (Wildman–Crippen LogP) is 2.18. The third kappa shape index (κ3) is 2.48.